The standard InChI is InChI=1S/C14H19ClN4/c1-10-5-6-19(18-10)13-7-11(12(15)9-16-13)8-17-14(2,3)4/h5-7,9,17H,8H2,1-4H3. The molecule has 0 aliphatic carbocycles. The molecule has 2 heterocycles. The van der Waals surface area contributed by atoms with E-state index < -0.39 is 0 Å². The van der Waals surface area contributed by atoms with Crippen LogP contribution >= 0.6 is 11.6 Å². The molecule has 2 rings (SSSR count). The Morgan fingerprint density at radius 1 is 1.37 bits per heavy atom. The van der Waals surface area contributed by atoms with Crippen LogP contribution in [0.1, 0.15) is 32.0 Å². The zero-order chi connectivity index (χ0) is 14.0. The van der Waals surface area contributed by atoms with Gasteiger partial charge in [0.25, 0.3) is 0 Å². The maximum atomic E-state index is 6.19. The summed E-state index contributed by atoms with van der Waals surface area (Å²) in [6.07, 6.45) is 3.57. The summed E-state index contributed by atoms with van der Waals surface area (Å²) in [4.78, 5) is 4.31. The van der Waals surface area contributed by atoms with Gasteiger partial charge in [0.15, 0.2) is 5.82 Å². The summed E-state index contributed by atoms with van der Waals surface area (Å²) in [6, 6.07) is 3.91. The summed E-state index contributed by atoms with van der Waals surface area (Å²) >= 11 is 6.19. The maximum absolute atomic E-state index is 6.19. The molecule has 0 bridgehead atoms. The zero-order valence-electron chi connectivity index (χ0n) is 11.7. The zero-order valence-corrected chi connectivity index (χ0v) is 12.5. The van der Waals surface area contributed by atoms with E-state index in [1.807, 2.05) is 25.3 Å². The van der Waals surface area contributed by atoms with E-state index in [9.17, 15) is 0 Å². The van der Waals surface area contributed by atoms with E-state index in [0.29, 0.717) is 11.6 Å². The van der Waals surface area contributed by atoms with Gasteiger partial charge >= 0.3 is 0 Å². The summed E-state index contributed by atoms with van der Waals surface area (Å²) < 4.78 is 1.76. The molecule has 1 N–H and O–H groups in total. The van der Waals surface area contributed by atoms with Crippen LogP contribution in [0, 0.1) is 6.92 Å². The quantitative estimate of drug-likeness (QED) is 0.938. The molecular weight excluding hydrogens is 260 g/mol. The Morgan fingerprint density at radius 2 is 2.11 bits per heavy atom. The first kappa shape index (κ1) is 14.0. The van der Waals surface area contributed by atoms with Gasteiger partial charge in [0.05, 0.1) is 10.7 Å². The van der Waals surface area contributed by atoms with Crippen LogP contribution in [0.2, 0.25) is 5.02 Å². The van der Waals surface area contributed by atoms with E-state index in [0.717, 1.165) is 17.1 Å². The van der Waals surface area contributed by atoms with Crippen molar-refractivity contribution < 1.29 is 0 Å². The topological polar surface area (TPSA) is 42.7 Å². The second-order valence-electron chi connectivity index (χ2n) is 5.64. The van der Waals surface area contributed by atoms with Crippen molar-refractivity contribution in [2.75, 3.05) is 0 Å². The first-order valence-electron chi connectivity index (χ1n) is 6.27. The van der Waals surface area contributed by atoms with Gasteiger partial charge in [-0.25, -0.2) is 9.67 Å². The minimum Gasteiger partial charge on any atom is -0.308 e. The van der Waals surface area contributed by atoms with Crippen LogP contribution in [0.3, 0.4) is 0 Å². The molecule has 5 heteroatoms. The lowest BCUT2D eigenvalue weighted by Crippen LogP contribution is -2.35. The molecule has 0 spiro atoms. The molecular formula is C14H19ClN4. The summed E-state index contributed by atoms with van der Waals surface area (Å²) in [5.74, 6) is 0.781. The van der Waals surface area contributed by atoms with Crippen LogP contribution < -0.4 is 5.32 Å². The molecule has 0 atom stereocenters. The highest BCUT2D eigenvalue weighted by Gasteiger charge is 2.11. The van der Waals surface area contributed by atoms with Crippen molar-refractivity contribution in [1.82, 2.24) is 20.1 Å². The molecule has 19 heavy (non-hydrogen) atoms. The first-order chi connectivity index (χ1) is 8.85. The highest BCUT2D eigenvalue weighted by Crippen LogP contribution is 2.18. The van der Waals surface area contributed by atoms with E-state index >= 15 is 0 Å². The molecule has 0 aromatic carbocycles. The van der Waals surface area contributed by atoms with Crippen molar-refractivity contribution >= 4 is 11.6 Å². The monoisotopic (exact) mass is 278 g/mol. The third kappa shape index (κ3) is 3.78. The molecule has 0 saturated heterocycles. The average Bonchev–Trinajstić information content (AvgIpc) is 2.74. The van der Waals surface area contributed by atoms with E-state index in [2.05, 4.69) is 36.2 Å². The van der Waals surface area contributed by atoms with Gasteiger partial charge in [-0.1, -0.05) is 11.6 Å². The molecule has 102 valence electrons. The average molecular weight is 279 g/mol. The fourth-order valence-electron chi connectivity index (χ4n) is 1.63. The minimum absolute atomic E-state index is 0.0506. The van der Waals surface area contributed by atoms with Crippen molar-refractivity contribution in [1.29, 1.82) is 0 Å². The lowest BCUT2D eigenvalue weighted by atomic mass is 10.1. The first-order valence-corrected chi connectivity index (χ1v) is 6.65. The summed E-state index contributed by atoms with van der Waals surface area (Å²) in [6.45, 7) is 9.03. The van der Waals surface area contributed by atoms with Crippen molar-refractivity contribution in [3.63, 3.8) is 0 Å². The number of hydrogen-bond donors (Lipinski definition) is 1. The van der Waals surface area contributed by atoms with Gasteiger partial charge in [-0.15, -0.1) is 0 Å². The molecule has 0 fully saturated rings. The van der Waals surface area contributed by atoms with Crippen LogP contribution in [0.15, 0.2) is 24.5 Å². The van der Waals surface area contributed by atoms with E-state index in [1.54, 1.807) is 10.9 Å². The van der Waals surface area contributed by atoms with E-state index in [4.69, 9.17) is 11.6 Å². The van der Waals surface area contributed by atoms with Crippen LogP contribution in [0.4, 0.5) is 0 Å². The number of aromatic nitrogens is 3. The van der Waals surface area contributed by atoms with Gasteiger partial charge in [-0.05, 0) is 45.4 Å². The number of pyridine rings is 1. The van der Waals surface area contributed by atoms with Gasteiger partial charge in [-0.2, -0.15) is 5.10 Å². The predicted octanol–water partition coefficient (Wildman–Crippen LogP) is 3.12. The lowest BCUT2D eigenvalue weighted by molar-refractivity contribution is 0.424. The van der Waals surface area contributed by atoms with Gasteiger partial charge in [0, 0.05) is 24.5 Å². The van der Waals surface area contributed by atoms with Crippen LogP contribution in [-0.2, 0) is 6.54 Å². The smallest absolute Gasteiger partial charge is 0.153 e. The number of nitrogens with one attached hydrogen (secondary N) is 1. The van der Waals surface area contributed by atoms with Gasteiger partial charge < -0.3 is 5.32 Å². The fourth-order valence-corrected chi connectivity index (χ4v) is 1.80. The second kappa shape index (κ2) is 5.31. The third-order valence-corrected chi connectivity index (χ3v) is 3.03. The Kier molecular flexibility index (Phi) is 3.92. The second-order valence-corrected chi connectivity index (χ2v) is 6.05. The number of hydrogen-bond acceptors (Lipinski definition) is 3. The molecule has 0 aliphatic rings. The molecule has 0 unspecified atom stereocenters. The SMILES string of the molecule is Cc1ccn(-c2cc(CNC(C)(C)C)c(Cl)cn2)n1. The maximum Gasteiger partial charge on any atom is 0.153 e. The summed E-state index contributed by atoms with van der Waals surface area (Å²) in [5, 5.41) is 8.44. The lowest BCUT2D eigenvalue weighted by Gasteiger charge is -2.21. The Labute approximate surface area is 118 Å². The summed E-state index contributed by atoms with van der Waals surface area (Å²) in [7, 11) is 0. The van der Waals surface area contributed by atoms with E-state index in [1.165, 1.54) is 0 Å². The molecule has 2 aromatic heterocycles. The molecule has 2 aromatic rings. The van der Waals surface area contributed by atoms with Crippen LogP contribution in [0.25, 0.3) is 5.82 Å². The van der Waals surface area contributed by atoms with Crippen molar-refractivity contribution in [2.24, 2.45) is 0 Å². The third-order valence-electron chi connectivity index (χ3n) is 2.69. The Morgan fingerprint density at radius 3 is 2.68 bits per heavy atom. The van der Waals surface area contributed by atoms with E-state index in [-0.39, 0.29) is 5.54 Å². The molecule has 0 radical (unpaired) electrons. The fraction of sp³-hybridized carbons (Fsp3) is 0.429. The predicted molar refractivity (Wildman–Crippen MR) is 77.7 cm³/mol. The number of aryl methyl sites for hydroxylation is 1. The van der Waals surface area contributed by atoms with Crippen LogP contribution in [-0.4, -0.2) is 20.3 Å². The highest BCUT2D eigenvalue weighted by molar-refractivity contribution is 6.31. The highest BCUT2D eigenvalue weighted by atomic mass is 35.5. The number of nitrogens with zero attached hydrogens (tertiary/aromatic N) is 3. The normalized spacial score (nSPS) is 11.8. The molecule has 0 aliphatic heterocycles. The Balaban J connectivity index is 2.24. The largest absolute Gasteiger partial charge is 0.308 e. The Bertz CT molecular complexity index is 569. The minimum atomic E-state index is 0.0506. The summed E-state index contributed by atoms with van der Waals surface area (Å²) in [5.41, 5.74) is 2.04. The molecule has 0 amide bonds. The van der Waals surface area contributed by atoms with Crippen LogP contribution in [0.5, 0.6) is 0 Å². The number of halogens is 1. The van der Waals surface area contributed by atoms with Crippen molar-refractivity contribution in [2.45, 2.75) is 39.8 Å². The Hall–Kier alpha value is -1.39. The molecule has 4 nitrogen and oxygen atoms in total. The van der Waals surface area contributed by atoms with Gasteiger partial charge in [0.1, 0.15) is 0 Å². The van der Waals surface area contributed by atoms with Gasteiger partial charge in [-0.3, -0.25) is 0 Å². The van der Waals surface area contributed by atoms with Crippen molar-refractivity contribution in [3.05, 3.63) is 40.8 Å². The van der Waals surface area contributed by atoms with Gasteiger partial charge in [0.2, 0.25) is 0 Å². The molecule has 0 saturated carbocycles. The van der Waals surface area contributed by atoms with Crippen molar-refractivity contribution in [3.8, 4) is 5.82 Å². The number of rotatable bonds is 3.